The lowest BCUT2D eigenvalue weighted by Gasteiger charge is -2.44. The van der Waals surface area contributed by atoms with Crippen LogP contribution in [0.3, 0.4) is 0 Å². The summed E-state index contributed by atoms with van der Waals surface area (Å²) < 4.78 is 5.42. The van der Waals surface area contributed by atoms with Gasteiger partial charge in [-0.25, -0.2) is 4.79 Å². The molecule has 2 rings (SSSR count). The second kappa shape index (κ2) is 13.8. The maximum atomic E-state index is 14.1. The third-order valence-corrected chi connectivity index (χ3v) is 6.83. The molecule has 3 amide bonds. The monoisotopic (exact) mass is 521 g/mol. The van der Waals surface area contributed by atoms with Crippen molar-refractivity contribution in [3.05, 3.63) is 29.8 Å². The highest BCUT2D eigenvalue weighted by atomic mass is 32.2. The number of nitrogens with zero attached hydrogens (tertiary/aromatic N) is 1. The zero-order valence-corrected chi connectivity index (χ0v) is 23.3. The van der Waals surface area contributed by atoms with Crippen molar-refractivity contribution in [3.63, 3.8) is 0 Å². The second-order valence-corrected chi connectivity index (χ2v) is 11.5. The first-order valence-corrected chi connectivity index (χ1v) is 14.3. The number of ether oxygens (including phenoxy) is 1. The van der Waals surface area contributed by atoms with E-state index in [-0.39, 0.29) is 29.6 Å². The molecular formula is C27H43N3O5S. The van der Waals surface area contributed by atoms with E-state index in [0.29, 0.717) is 17.7 Å². The summed E-state index contributed by atoms with van der Waals surface area (Å²) in [6, 6.07) is 4.53. The van der Waals surface area contributed by atoms with Gasteiger partial charge in [-0.15, -0.1) is 0 Å². The molecule has 36 heavy (non-hydrogen) atoms. The molecule has 0 aromatic heterocycles. The summed E-state index contributed by atoms with van der Waals surface area (Å²) in [5.41, 5.74) is -0.335. The fourth-order valence-electron chi connectivity index (χ4n) is 4.27. The van der Waals surface area contributed by atoms with Gasteiger partial charge in [-0.2, -0.15) is 11.8 Å². The van der Waals surface area contributed by atoms with Crippen LogP contribution >= 0.6 is 11.8 Å². The minimum absolute atomic E-state index is 0.0429. The average Bonchev–Trinajstić information content (AvgIpc) is 2.74. The molecule has 202 valence electrons. The zero-order chi connectivity index (χ0) is 26.9. The van der Waals surface area contributed by atoms with Crippen LogP contribution in [0.25, 0.3) is 0 Å². The Morgan fingerprint density at radius 3 is 2.36 bits per heavy atom. The first-order valence-electron chi connectivity index (χ1n) is 12.9. The molecule has 0 spiro atoms. The second-order valence-electron chi connectivity index (χ2n) is 10.5. The van der Waals surface area contributed by atoms with Crippen molar-refractivity contribution in [1.82, 2.24) is 15.5 Å². The van der Waals surface area contributed by atoms with Gasteiger partial charge in [0.05, 0.1) is 0 Å². The van der Waals surface area contributed by atoms with E-state index >= 15 is 0 Å². The van der Waals surface area contributed by atoms with Gasteiger partial charge in [-0.3, -0.25) is 9.59 Å². The van der Waals surface area contributed by atoms with E-state index in [1.165, 1.54) is 6.07 Å². The van der Waals surface area contributed by atoms with E-state index < -0.39 is 23.8 Å². The van der Waals surface area contributed by atoms with Gasteiger partial charge >= 0.3 is 6.09 Å². The summed E-state index contributed by atoms with van der Waals surface area (Å²) in [5, 5.41) is 16.5. The summed E-state index contributed by atoms with van der Waals surface area (Å²) in [4.78, 5) is 42.0. The molecule has 1 aliphatic carbocycles. The number of alkyl carbamates (subject to hydrolysis) is 1. The van der Waals surface area contributed by atoms with Crippen molar-refractivity contribution >= 4 is 29.7 Å². The van der Waals surface area contributed by atoms with Crippen LogP contribution in [0.5, 0.6) is 5.75 Å². The van der Waals surface area contributed by atoms with Crippen LogP contribution in [0, 0.1) is 0 Å². The van der Waals surface area contributed by atoms with Crippen molar-refractivity contribution in [2.24, 2.45) is 0 Å². The summed E-state index contributed by atoms with van der Waals surface area (Å²) in [5.74, 6) is -0.0745. The van der Waals surface area contributed by atoms with Crippen molar-refractivity contribution in [2.45, 2.75) is 103 Å². The first-order chi connectivity index (χ1) is 17.0. The van der Waals surface area contributed by atoms with E-state index in [0.717, 1.165) is 32.1 Å². The highest BCUT2D eigenvalue weighted by molar-refractivity contribution is 7.98. The number of thioether (sulfide) groups is 1. The minimum Gasteiger partial charge on any atom is -0.508 e. The lowest BCUT2D eigenvalue weighted by molar-refractivity contribution is -0.147. The molecule has 0 aliphatic heterocycles. The number of phenols is 1. The van der Waals surface area contributed by atoms with Gasteiger partial charge in [0.15, 0.2) is 0 Å². The predicted molar refractivity (Wildman–Crippen MR) is 144 cm³/mol. The SMILES string of the molecule is CCCC(C)NC(=O)C(c1ccccc1O)N(C(=O)C(CCSC)NC(=O)OC(C)(C)C)C1CCC1. The number of amides is 3. The topological polar surface area (TPSA) is 108 Å². The Kier molecular flexibility index (Phi) is 11.4. The normalized spacial score (nSPS) is 16.3. The van der Waals surface area contributed by atoms with Crippen LogP contribution in [0.1, 0.15) is 84.7 Å². The molecule has 3 atom stereocenters. The molecular weight excluding hydrogens is 478 g/mol. The Morgan fingerprint density at radius 2 is 1.83 bits per heavy atom. The third kappa shape index (κ3) is 8.61. The average molecular weight is 522 g/mol. The highest BCUT2D eigenvalue weighted by Gasteiger charge is 2.42. The van der Waals surface area contributed by atoms with Gasteiger partial charge < -0.3 is 25.4 Å². The number of rotatable bonds is 12. The van der Waals surface area contributed by atoms with Gasteiger partial charge in [0, 0.05) is 17.6 Å². The largest absolute Gasteiger partial charge is 0.508 e. The maximum absolute atomic E-state index is 14.1. The summed E-state index contributed by atoms with van der Waals surface area (Å²) >= 11 is 1.57. The van der Waals surface area contributed by atoms with Crippen molar-refractivity contribution < 1.29 is 24.2 Å². The molecule has 0 bridgehead atoms. The number of benzene rings is 1. The third-order valence-electron chi connectivity index (χ3n) is 6.19. The van der Waals surface area contributed by atoms with Crippen molar-refractivity contribution in [3.8, 4) is 5.75 Å². The molecule has 0 saturated heterocycles. The number of carbonyl (C=O) groups is 3. The van der Waals surface area contributed by atoms with Gasteiger partial charge in [0.2, 0.25) is 11.8 Å². The summed E-state index contributed by atoms with van der Waals surface area (Å²) in [6.45, 7) is 9.28. The smallest absolute Gasteiger partial charge is 0.408 e. The van der Waals surface area contributed by atoms with Gasteiger partial charge in [-0.1, -0.05) is 31.5 Å². The van der Waals surface area contributed by atoms with Crippen LogP contribution in [0.4, 0.5) is 4.79 Å². The van der Waals surface area contributed by atoms with Crippen molar-refractivity contribution in [1.29, 1.82) is 0 Å². The Bertz CT molecular complexity index is 884. The van der Waals surface area contributed by atoms with E-state index in [4.69, 9.17) is 4.74 Å². The predicted octanol–water partition coefficient (Wildman–Crippen LogP) is 4.77. The molecule has 1 aromatic carbocycles. The van der Waals surface area contributed by atoms with Crippen LogP contribution in [0.15, 0.2) is 24.3 Å². The van der Waals surface area contributed by atoms with Crippen molar-refractivity contribution in [2.75, 3.05) is 12.0 Å². The number of hydrogen-bond acceptors (Lipinski definition) is 6. The number of aromatic hydroxyl groups is 1. The lowest BCUT2D eigenvalue weighted by atomic mass is 9.87. The molecule has 1 fully saturated rings. The number of para-hydroxylation sites is 1. The van der Waals surface area contributed by atoms with E-state index in [2.05, 4.69) is 10.6 Å². The fraction of sp³-hybridized carbons (Fsp3) is 0.667. The Morgan fingerprint density at radius 1 is 1.17 bits per heavy atom. The molecule has 0 heterocycles. The molecule has 1 aliphatic rings. The zero-order valence-electron chi connectivity index (χ0n) is 22.5. The summed E-state index contributed by atoms with van der Waals surface area (Å²) in [6.07, 6.45) is 5.83. The van der Waals surface area contributed by atoms with Crippen LogP contribution < -0.4 is 10.6 Å². The van der Waals surface area contributed by atoms with E-state index in [9.17, 15) is 19.5 Å². The number of carbonyl (C=O) groups excluding carboxylic acids is 3. The molecule has 1 aromatic rings. The Labute approximate surface area is 219 Å². The summed E-state index contributed by atoms with van der Waals surface area (Å²) in [7, 11) is 0. The maximum Gasteiger partial charge on any atom is 0.408 e. The number of hydrogen-bond donors (Lipinski definition) is 3. The minimum atomic E-state index is -1.01. The van der Waals surface area contributed by atoms with E-state index in [1.807, 2.05) is 20.1 Å². The standard InChI is InChI=1S/C27H43N3O5S/c1-7-11-18(2)28-24(32)23(20-14-8-9-15-22(20)31)30(19-12-10-13-19)25(33)21(16-17-36-6)29-26(34)35-27(3,4)5/h8-9,14-15,18-19,21,23,31H,7,10-13,16-17H2,1-6H3,(H,28,32)(H,29,34). The molecule has 9 heteroatoms. The Hall–Kier alpha value is -2.42. The lowest BCUT2D eigenvalue weighted by Crippen LogP contribution is -2.58. The molecule has 8 nitrogen and oxygen atoms in total. The van der Waals surface area contributed by atoms with Gasteiger partial charge in [0.1, 0.15) is 23.4 Å². The molecule has 3 unspecified atom stereocenters. The van der Waals surface area contributed by atoms with E-state index in [1.54, 1.807) is 55.6 Å². The molecule has 3 N–H and O–H groups in total. The van der Waals surface area contributed by atoms with Crippen LogP contribution in [-0.2, 0) is 14.3 Å². The number of phenolic OH excluding ortho intramolecular Hbond substituents is 1. The molecule has 0 radical (unpaired) electrons. The van der Waals surface area contributed by atoms with Crippen LogP contribution in [-0.4, -0.2) is 63.6 Å². The van der Waals surface area contributed by atoms with Crippen LogP contribution in [0.2, 0.25) is 0 Å². The molecule has 1 saturated carbocycles. The fourth-order valence-corrected chi connectivity index (χ4v) is 4.74. The van der Waals surface area contributed by atoms with Gasteiger partial charge in [0.25, 0.3) is 0 Å². The first kappa shape index (κ1) is 29.8. The number of nitrogens with one attached hydrogen (secondary N) is 2. The Balaban J connectivity index is 2.47. The van der Waals surface area contributed by atoms with Gasteiger partial charge in [-0.05, 0) is 77.9 Å². The quantitative estimate of drug-likeness (QED) is 0.366. The highest BCUT2D eigenvalue weighted by Crippen LogP contribution is 2.37.